The van der Waals surface area contributed by atoms with Crippen LogP contribution in [-0.2, 0) is 27.5 Å². The molecule has 2 rings (SSSR count). The number of carbonyl (C=O) groups excluding carboxylic acids is 1. The second kappa shape index (κ2) is 10.1. The first kappa shape index (κ1) is 21.9. The topological polar surface area (TPSA) is 89.3 Å². The smallest absolute Gasteiger partial charge is 0.221 e. The zero-order valence-corrected chi connectivity index (χ0v) is 16.4. The summed E-state index contributed by atoms with van der Waals surface area (Å²) in [5, 5.41) is 2.84. The van der Waals surface area contributed by atoms with Gasteiger partial charge in [0.1, 0.15) is 0 Å². The number of nitrogens with two attached hydrogens (primary N) is 1. The van der Waals surface area contributed by atoms with E-state index in [9.17, 15) is 13.2 Å². The number of amides is 1. The van der Waals surface area contributed by atoms with Gasteiger partial charge in [-0.2, -0.15) is 0 Å². The maximum atomic E-state index is 12.5. The summed E-state index contributed by atoms with van der Waals surface area (Å²) in [4.78, 5) is 12.3. The van der Waals surface area contributed by atoms with E-state index in [1.54, 1.807) is 12.1 Å². The Morgan fingerprint density at radius 1 is 1.28 bits per heavy atom. The number of hydrogen-bond acceptors (Lipinski definition) is 4. The molecule has 7 heteroatoms. The molecule has 1 aliphatic carbocycles. The molecule has 0 aromatic heterocycles. The van der Waals surface area contributed by atoms with Gasteiger partial charge >= 0.3 is 0 Å². The number of halogens is 1. The molecule has 0 saturated carbocycles. The third-order valence-electron chi connectivity index (χ3n) is 4.58. The van der Waals surface area contributed by atoms with Crippen molar-refractivity contribution in [2.24, 2.45) is 5.73 Å². The van der Waals surface area contributed by atoms with Gasteiger partial charge in [-0.15, -0.1) is 12.4 Å². The van der Waals surface area contributed by atoms with Gasteiger partial charge in [-0.3, -0.25) is 4.79 Å². The summed E-state index contributed by atoms with van der Waals surface area (Å²) in [6.07, 6.45) is 5.89. The van der Waals surface area contributed by atoms with Gasteiger partial charge < -0.3 is 11.1 Å². The maximum absolute atomic E-state index is 12.5. The predicted molar refractivity (Wildman–Crippen MR) is 103 cm³/mol. The number of carbonyl (C=O) groups is 1. The van der Waals surface area contributed by atoms with Crippen molar-refractivity contribution in [2.75, 3.05) is 12.3 Å². The van der Waals surface area contributed by atoms with Crippen LogP contribution in [0.4, 0.5) is 0 Å². The molecule has 142 valence electrons. The van der Waals surface area contributed by atoms with Crippen LogP contribution in [0.2, 0.25) is 0 Å². The molecule has 0 radical (unpaired) electrons. The Balaban J connectivity index is 0.00000312. The molecular formula is C18H29ClN2O3S. The number of fused-ring (bicyclic) bond motifs is 1. The van der Waals surface area contributed by atoms with Crippen LogP contribution in [0.3, 0.4) is 0 Å². The van der Waals surface area contributed by atoms with Crippen molar-refractivity contribution in [1.82, 2.24) is 5.32 Å². The van der Waals surface area contributed by atoms with Crippen LogP contribution in [0, 0.1) is 0 Å². The first-order valence-corrected chi connectivity index (χ1v) is 10.5. The second-order valence-corrected chi connectivity index (χ2v) is 8.60. The van der Waals surface area contributed by atoms with E-state index in [2.05, 4.69) is 12.2 Å². The highest BCUT2D eigenvalue weighted by atomic mass is 35.5. The molecule has 1 aromatic carbocycles. The fourth-order valence-corrected chi connectivity index (χ4v) is 4.37. The van der Waals surface area contributed by atoms with Crippen molar-refractivity contribution >= 4 is 28.2 Å². The monoisotopic (exact) mass is 388 g/mol. The number of unbranched alkanes of at least 4 members (excludes halogenated alkanes) is 1. The van der Waals surface area contributed by atoms with Gasteiger partial charge in [0.25, 0.3) is 0 Å². The molecule has 1 unspecified atom stereocenters. The third kappa shape index (κ3) is 6.28. The van der Waals surface area contributed by atoms with Crippen LogP contribution in [-0.4, -0.2) is 32.7 Å². The second-order valence-electron chi connectivity index (χ2n) is 6.50. The Labute approximate surface area is 157 Å². The van der Waals surface area contributed by atoms with Crippen molar-refractivity contribution in [3.63, 3.8) is 0 Å². The maximum Gasteiger partial charge on any atom is 0.221 e. The summed E-state index contributed by atoms with van der Waals surface area (Å²) < 4.78 is 24.9. The summed E-state index contributed by atoms with van der Waals surface area (Å²) in [6.45, 7) is 2.46. The largest absolute Gasteiger partial charge is 0.352 e. The zero-order chi connectivity index (χ0) is 17.6. The Kier molecular flexibility index (Phi) is 8.89. The highest BCUT2D eigenvalue weighted by Gasteiger charge is 2.20. The lowest BCUT2D eigenvalue weighted by atomic mass is 10.1. The quantitative estimate of drug-likeness (QED) is 0.679. The Hall–Kier alpha value is -1.11. The van der Waals surface area contributed by atoms with Crippen molar-refractivity contribution in [1.29, 1.82) is 0 Å². The molecule has 1 amide bonds. The van der Waals surface area contributed by atoms with Crippen molar-refractivity contribution in [2.45, 2.75) is 62.8 Å². The fraction of sp³-hybridized carbons (Fsp3) is 0.611. The standard InChI is InChI=1S/C18H28N2O3S.ClH/c1-2-3-7-16(13-19)20-18(21)10-11-24(22,23)17-9-8-14-5-4-6-15(14)12-17;/h8-9,12,16H,2-7,10-11,13,19H2,1H3,(H,20,21);1H. The molecule has 1 aromatic rings. The van der Waals surface area contributed by atoms with Crippen LogP contribution in [0.5, 0.6) is 0 Å². The Morgan fingerprint density at radius 2 is 2.00 bits per heavy atom. The third-order valence-corrected chi connectivity index (χ3v) is 6.30. The van der Waals surface area contributed by atoms with Gasteiger partial charge in [0.15, 0.2) is 9.84 Å². The SMILES string of the molecule is CCCCC(CN)NC(=O)CCS(=O)(=O)c1ccc2c(c1)CCC2.Cl. The molecule has 0 bridgehead atoms. The lowest BCUT2D eigenvalue weighted by Gasteiger charge is -2.16. The first-order valence-electron chi connectivity index (χ1n) is 8.80. The summed E-state index contributed by atoms with van der Waals surface area (Å²) >= 11 is 0. The van der Waals surface area contributed by atoms with Gasteiger partial charge in [0.05, 0.1) is 10.6 Å². The normalized spacial score (nSPS) is 14.5. The molecular weight excluding hydrogens is 360 g/mol. The van der Waals surface area contributed by atoms with E-state index in [0.717, 1.165) is 44.1 Å². The molecule has 1 atom stereocenters. The average molecular weight is 389 g/mol. The van der Waals surface area contributed by atoms with Crippen LogP contribution in [0.1, 0.15) is 50.2 Å². The van der Waals surface area contributed by atoms with E-state index < -0.39 is 9.84 Å². The van der Waals surface area contributed by atoms with E-state index in [-0.39, 0.29) is 36.5 Å². The van der Waals surface area contributed by atoms with Crippen molar-refractivity contribution in [3.05, 3.63) is 29.3 Å². The first-order chi connectivity index (χ1) is 11.5. The van der Waals surface area contributed by atoms with E-state index in [4.69, 9.17) is 5.73 Å². The predicted octanol–water partition coefficient (Wildman–Crippen LogP) is 2.39. The molecule has 5 nitrogen and oxygen atoms in total. The number of sulfone groups is 1. The minimum atomic E-state index is -3.43. The van der Waals surface area contributed by atoms with Crippen LogP contribution in [0.25, 0.3) is 0 Å². The summed E-state index contributed by atoms with van der Waals surface area (Å²) in [7, 11) is -3.43. The van der Waals surface area contributed by atoms with E-state index in [0.29, 0.717) is 11.4 Å². The molecule has 0 saturated heterocycles. The number of rotatable bonds is 9. The highest BCUT2D eigenvalue weighted by Crippen LogP contribution is 2.25. The van der Waals surface area contributed by atoms with E-state index in [1.165, 1.54) is 5.56 Å². The summed E-state index contributed by atoms with van der Waals surface area (Å²) in [5.41, 5.74) is 8.03. The summed E-state index contributed by atoms with van der Waals surface area (Å²) in [5.74, 6) is -0.408. The van der Waals surface area contributed by atoms with Gasteiger partial charge in [0.2, 0.25) is 5.91 Å². The van der Waals surface area contributed by atoms with E-state index in [1.807, 2.05) is 6.07 Å². The minimum absolute atomic E-state index is 0. The van der Waals surface area contributed by atoms with Crippen LogP contribution >= 0.6 is 12.4 Å². The lowest BCUT2D eigenvalue weighted by molar-refractivity contribution is -0.121. The van der Waals surface area contributed by atoms with E-state index >= 15 is 0 Å². The Morgan fingerprint density at radius 3 is 2.68 bits per heavy atom. The number of hydrogen-bond donors (Lipinski definition) is 2. The minimum Gasteiger partial charge on any atom is -0.352 e. The molecule has 3 N–H and O–H groups in total. The van der Waals surface area contributed by atoms with Gasteiger partial charge in [0, 0.05) is 19.0 Å². The van der Waals surface area contributed by atoms with Crippen molar-refractivity contribution in [3.8, 4) is 0 Å². The lowest BCUT2D eigenvalue weighted by Crippen LogP contribution is -2.40. The van der Waals surface area contributed by atoms with Gasteiger partial charge in [-0.25, -0.2) is 8.42 Å². The van der Waals surface area contributed by atoms with Gasteiger partial charge in [-0.1, -0.05) is 25.8 Å². The zero-order valence-electron chi connectivity index (χ0n) is 14.8. The number of nitrogens with one attached hydrogen (secondary N) is 1. The molecule has 0 fully saturated rings. The molecule has 0 aliphatic heterocycles. The molecule has 0 heterocycles. The van der Waals surface area contributed by atoms with Crippen molar-refractivity contribution < 1.29 is 13.2 Å². The molecule has 25 heavy (non-hydrogen) atoms. The number of benzene rings is 1. The summed E-state index contributed by atoms with van der Waals surface area (Å²) in [6, 6.07) is 5.28. The fourth-order valence-electron chi connectivity index (χ4n) is 3.09. The van der Waals surface area contributed by atoms with Crippen LogP contribution in [0.15, 0.2) is 23.1 Å². The Bertz CT molecular complexity index is 677. The van der Waals surface area contributed by atoms with Gasteiger partial charge in [-0.05, 0) is 48.9 Å². The molecule has 1 aliphatic rings. The molecule has 0 spiro atoms. The van der Waals surface area contributed by atoms with Crippen LogP contribution < -0.4 is 11.1 Å². The number of aryl methyl sites for hydroxylation is 2. The average Bonchev–Trinajstić information content (AvgIpc) is 3.04. The highest BCUT2D eigenvalue weighted by molar-refractivity contribution is 7.91.